The highest BCUT2D eigenvalue weighted by molar-refractivity contribution is 4.65. The summed E-state index contributed by atoms with van der Waals surface area (Å²) in [5, 5.41) is 0. The summed E-state index contributed by atoms with van der Waals surface area (Å²) in [5.74, 6) is 0. The standard InChI is InChI=1S/C13H27N.ClH/c1-4-5-6-7-8-9-10-11-12-13-14(2)3;/h4H,1,5-13H2,2-3H3;1H. The zero-order chi connectivity index (χ0) is 10.6. The first kappa shape index (κ1) is 17.4. The fourth-order valence-corrected chi connectivity index (χ4v) is 1.65. The summed E-state index contributed by atoms with van der Waals surface area (Å²) in [7, 11) is 4.46. The maximum atomic E-state index is 3.73. The van der Waals surface area contributed by atoms with Gasteiger partial charge in [-0.15, -0.1) is 6.58 Å². The van der Waals surface area contributed by atoms with Gasteiger partial charge < -0.3 is 17.3 Å². The summed E-state index contributed by atoms with van der Waals surface area (Å²) in [6, 6.07) is 0. The van der Waals surface area contributed by atoms with Crippen molar-refractivity contribution >= 4 is 0 Å². The van der Waals surface area contributed by atoms with E-state index in [1.165, 1.54) is 57.9 Å². The molecule has 92 valence electrons. The van der Waals surface area contributed by atoms with Crippen molar-refractivity contribution in [1.82, 2.24) is 0 Å². The van der Waals surface area contributed by atoms with E-state index in [-0.39, 0.29) is 12.4 Å². The molecule has 0 radical (unpaired) electrons. The third-order valence-corrected chi connectivity index (χ3v) is 2.59. The quantitative estimate of drug-likeness (QED) is 0.381. The summed E-state index contributed by atoms with van der Waals surface area (Å²) in [4.78, 5) is 1.58. The third-order valence-electron chi connectivity index (χ3n) is 2.59. The minimum Gasteiger partial charge on any atom is -1.00 e. The van der Waals surface area contributed by atoms with Crippen LogP contribution in [0.2, 0.25) is 0 Å². The average molecular weight is 234 g/mol. The van der Waals surface area contributed by atoms with E-state index in [2.05, 4.69) is 20.7 Å². The molecule has 0 aromatic carbocycles. The maximum Gasteiger partial charge on any atom is 0.0766 e. The molecular formula is C13H28ClN. The summed E-state index contributed by atoms with van der Waals surface area (Å²) in [6.07, 6.45) is 13.1. The highest BCUT2D eigenvalue weighted by Gasteiger charge is 1.94. The minimum absolute atomic E-state index is 0. The molecule has 0 unspecified atom stereocenters. The molecule has 0 saturated heterocycles. The summed E-state index contributed by atoms with van der Waals surface area (Å²) in [6.45, 7) is 5.06. The molecule has 0 amide bonds. The van der Waals surface area contributed by atoms with Gasteiger partial charge in [-0.3, -0.25) is 0 Å². The lowest BCUT2D eigenvalue weighted by atomic mass is 10.1. The first-order valence-corrected chi connectivity index (χ1v) is 6.17. The first-order chi connectivity index (χ1) is 6.77. The molecule has 0 rings (SSSR count). The zero-order valence-electron chi connectivity index (χ0n) is 10.5. The second-order valence-corrected chi connectivity index (χ2v) is 4.51. The fraction of sp³-hybridized carbons (Fsp3) is 0.846. The van der Waals surface area contributed by atoms with Crippen LogP contribution >= 0.6 is 0 Å². The number of hydrogen-bond donors (Lipinski definition) is 1. The van der Waals surface area contributed by atoms with Gasteiger partial charge in [-0.25, -0.2) is 0 Å². The molecule has 0 heterocycles. The van der Waals surface area contributed by atoms with Gasteiger partial charge in [0, 0.05) is 0 Å². The van der Waals surface area contributed by atoms with E-state index in [1.807, 2.05) is 6.08 Å². The maximum absolute atomic E-state index is 3.73. The van der Waals surface area contributed by atoms with Gasteiger partial charge in [-0.2, -0.15) is 0 Å². The highest BCUT2D eigenvalue weighted by atomic mass is 35.5. The zero-order valence-corrected chi connectivity index (χ0v) is 11.3. The Morgan fingerprint density at radius 3 is 1.80 bits per heavy atom. The number of quaternary nitrogens is 1. The van der Waals surface area contributed by atoms with Gasteiger partial charge in [-0.1, -0.05) is 31.8 Å². The second-order valence-electron chi connectivity index (χ2n) is 4.51. The minimum atomic E-state index is 0. The third kappa shape index (κ3) is 16.7. The smallest absolute Gasteiger partial charge is 0.0766 e. The van der Waals surface area contributed by atoms with Gasteiger partial charge in [0.1, 0.15) is 0 Å². The molecular weight excluding hydrogens is 206 g/mol. The molecule has 1 N–H and O–H groups in total. The van der Waals surface area contributed by atoms with Crippen molar-refractivity contribution in [3.05, 3.63) is 12.7 Å². The lowest BCUT2D eigenvalue weighted by molar-refractivity contribution is -0.858. The molecule has 0 aliphatic rings. The number of hydrogen-bond acceptors (Lipinski definition) is 0. The van der Waals surface area contributed by atoms with Gasteiger partial charge in [0.25, 0.3) is 0 Å². The molecule has 0 fully saturated rings. The number of allylic oxidation sites excluding steroid dienone is 1. The van der Waals surface area contributed by atoms with Crippen molar-refractivity contribution in [2.75, 3.05) is 20.6 Å². The van der Waals surface area contributed by atoms with Crippen molar-refractivity contribution in [3.63, 3.8) is 0 Å². The average Bonchev–Trinajstić information content (AvgIpc) is 2.15. The van der Waals surface area contributed by atoms with E-state index >= 15 is 0 Å². The SMILES string of the molecule is C=CCCCCCCCCC[NH+](C)C.[Cl-]. The molecule has 0 bridgehead atoms. The molecule has 15 heavy (non-hydrogen) atoms. The Morgan fingerprint density at radius 2 is 1.33 bits per heavy atom. The number of halogens is 1. The van der Waals surface area contributed by atoms with Gasteiger partial charge in [0.05, 0.1) is 20.6 Å². The van der Waals surface area contributed by atoms with E-state index in [0.717, 1.165) is 0 Å². The highest BCUT2D eigenvalue weighted by Crippen LogP contribution is 2.07. The van der Waals surface area contributed by atoms with Crippen LogP contribution in [-0.4, -0.2) is 20.6 Å². The molecule has 1 nitrogen and oxygen atoms in total. The van der Waals surface area contributed by atoms with Crippen LogP contribution in [-0.2, 0) is 0 Å². The Balaban J connectivity index is 0. The normalized spacial score (nSPS) is 10.1. The Morgan fingerprint density at radius 1 is 0.867 bits per heavy atom. The van der Waals surface area contributed by atoms with Gasteiger partial charge in [-0.05, 0) is 25.7 Å². The predicted molar refractivity (Wildman–Crippen MR) is 64.8 cm³/mol. The monoisotopic (exact) mass is 233 g/mol. The van der Waals surface area contributed by atoms with Crippen LogP contribution in [0.1, 0.15) is 51.4 Å². The van der Waals surface area contributed by atoms with Crippen LogP contribution in [0.3, 0.4) is 0 Å². The molecule has 0 aliphatic heterocycles. The predicted octanol–water partition coefficient (Wildman–Crippen LogP) is -0.558. The van der Waals surface area contributed by atoms with Crippen LogP contribution in [0.5, 0.6) is 0 Å². The van der Waals surface area contributed by atoms with Crippen molar-refractivity contribution in [2.24, 2.45) is 0 Å². The number of rotatable bonds is 10. The van der Waals surface area contributed by atoms with Crippen LogP contribution < -0.4 is 17.3 Å². The lowest BCUT2D eigenvalue weighted by Gasteiger charge is -2.06. The largest absolute Gasteiger partial charge is 1.00 e. The molecule has 0 aromatic heterocycles. The Labute approximate surface area is 102 Å². The van der Waals surface area contributed by atoms with Gasteiger partial charge in [0.2, 0.25) is 0 Å². The second kappa shape index (κ2) is 14.0. The van der Waals surface area contributed by atoms with Crippen molar-refractivity contribution in [2.45, 2.75) is 51.4 Å². The Hall–Kier alpha value is -0.0100. The van der Waals surface area contributed by atoms with Crippen LogP contribution in [0.25, 0.3) is 0 Å². The van der Waals surface area contributed by atoms with E-state index in [4.69, 9.17) is 0 Å². The first-order valence-electron chi connectivity index (χ1n) is 6.17. The van der Waals surface area contributed by atoms with E-state index in [9.17, 15) is 0 Å². The van der Waals surface area contributed by atoms with Gasteiger partial charge in [0.15, 0.2) is 0 Å². The molecule has 0 aromatic rings. The van der Waals surface area contributed by atoms with E-state index in [0.29, 0.717) is 0 Å². The molecule has 0 atom stereocenters. The van der Waals surface area contributed by atoms with Crippen molar-refractivity contribution in [3.8, 4) is 0 Å². The van der Waals surface area contributed by atoms with Crippen molar-refractivity contribution in [1.29, 1.82) is 0 Å². The lowest BCUT2D eigenvalue weighted by Crippen LogP contribution is -3.05. The Bertz CT molecular complexity index is 124. The Kier molecular flexibility index (Phi) is 16.2. The summed E-state index contributed by atoms with van der Waals surface area (Å²) >= 11 is 0. The van der Waals surface area contributed by atoms with Crippen LogP contribution in [0, 0.1) is 0 Å². The summed E-state index contributed by atoms with van der Waals surface area (Å²) < 4.78 is 0. The fourth-order valence-electron chi connectivity index (χ4n) is 1.65. The molecule has 0 spiro atoms. The van der Waals surface area contributed by atoms with Crippen LogP contribution in [0.15, 0.2) is 12.7 Å². The van der Waals surface area contributed by atoms with Crippen LogP contribution in [0.4, 0.5) is 0 Å². The number of nitrogens with one attached hydrogen (secondary N) is 1. The van der Waals surface area contributed by atoms with E-state index in [1.54, 1.807) is 4.90 Å². The van der Waals surface area contributed by atoms with Crippen molar-refractivity contribution < 1.29 is 17.3 Å². The molecule has 0 saturated carbocycles. The molecule has 0 aliphatic carbocycles. The van der Waals surface area contributed by atoms with Gasteiger partial charge >= 0.3 is 0 Å². The number of unbranched alkanes of at least 4 members (excludes halogenated alkanes) is 7. The molecule has 2 heteroatoms. The topological polar surface area (TPSA) is 4.44 Å². The van der Waals surface area contributed by atoms with E-state index < -0.39 is 0 Å². The summed E-state index contributed by atoms with van der Waals surface area (Å²) in [5.41, 5.74) is 0.